The third kappa shape index (κ3) is 4.15. The second-order valence-corrected chi connectivity index (χ2v) is 8.37. The van der Waals surface area contributed by atoms with E-state index in [9.17, 15) is 13.2 Å². The molecule has 7 heteroatoms. The standard InChI is InChI=1S/C17H26N2O4S/c1-13-4-3-9-19(16(13)12-18)17(20)14-5-7-15(8-6-14)24(21,22)11-10-23-2/h5-8,13,16H,3-4,9-12,18H2,1-2H3. The maximum Gasteiger partial charge on any atom is 0.254 e. The molecule has 0 radical (unpaired) electrons. The molecule has 1 aromatic rings. The summed E-state index contributed by atoms with van der Waals surface area (Å²) < 4.78 is 29.1. The van der Waals surface area contributed by atoms with Crippen molar-refractivity contribution in [3.63, 3.8) is 0 Å². The third-order valence-corrected chi connectivity index (χ3v) is 6.33. The summed E-state index contributed by atoms with van der Waals surface area (Å²) in [5.41, 5.74) is 6.34. The summed E-state index contributed by atoms with van der Waals surface area (Å²) in [6.07, 6.45) is 2.04. The number of hydrogen-bond donors (Lipinski definition) is 1. The molecule has 2 rings (SSSR count). The zero-order valence-electron chi connectivity index (χ0n) is 14.3. The zero-order chi connectivity index (χ0) is 17.7. The minimum absolute atomic E-state index is 0.0383. The van der Waals surface area contributed by atoms with E-state index in [4.69, 9.17) is 10.5 Å². The molecule has 0 bridgehead atoms. The van der Waals surface area contributed by atoms with Gasteiger partial charge in [0.05, 0.1) is 17.3 Å². The van der Waals surface area contributed by atoms with E-state index >= 15 is 0 Å². The molecule has 0 saturated carbocycles. The summed E-state index contributed by atoms with van der Waals surface area (Å²) in [6, 6.07) is 6.17. The van der Waals surface area contributed by atoms with Crippen LogP contribution in [0.2, 0.25) is 0 Å². The number of rotatable bonds is 6. The lowest BCUT2D eigenvalue weighted by atomic mass is 9.90. The minimum atomic E-state index is -3.38. The Labute approximate surface area is 143 Å². The van der Waals surface area contributed by atoms with Gasteiger partial charge in [0, 0.05) is 31.8 Å². The molecule has 1 aromatic carbocycles. The summed E-state index contributed by atoms with van der Waals surface area (Å²) in [5, 5.41) is 0. The lowest BCUT2D eigenvalue weighted by Crippen LogP contribution is -2.51. The molecule has 134 valence electrons. The van der Waals surface area contributed by atoms with Crippen LogP contribution in [0.15, 0.2) is 29.2 Å². The SMILES string of the molecule is COCCS(=O)(=O)c1ccc(C(=O)N2CCCC(C)C2CN)cc1. The second kappa shape index (κ2) is 8.09. The van der Waals surface area contributed by atoms with E-state index in [2.05, 4.69) is 6.92 Å². The molecule has 0 aromatic heterocycles. The van der Waals surface area contributed by atoms with Crippen LogP contribution in [-0.2, 0) is 14.6 Å². The molecule has 2 atom stereocenters. The van der Waals surface area contributed by atoms with Gasteiger partial charge in [-0.1, -0.05) is 6.92 Å². The van der Waals surface area contributed by atoms with E-state index in [1.165, 1.54) is 19.2 Å². The molecule has 2 N–H and O–H groups in total. The molecule has 2 unspecified atom stereocenters. The van der Waals surface area contributed by atoms with Crippen LogP contribution in [0.25, 0.3) is 0 Å². The van der Waals surface area contributed by atoms with E-state index in [1.54, 1.807) is 12.1 Å². The van der Waals surface area contributed by atoms with Crippen LogP contribution in [0.1, 0.15) is 30.1 Å². The van der Waals surface area contributed by atoms with Crippen molar-refractivity contribution in [3.8, 4) is 0 Å². The number of sulfone groups is 1. The van der Waals surface area contributed by atoms with E-state index in [1.807, 2.05) is 4.90 Å². The van der Waals surface area contributed by atoms with Gasteiger partial charge in [0.1, 0.15) is 0 Å². The number of benzene rings is 1. The first-order chi connectivity index (χ1) is 11.4. The van der Waals surface area contributed by atoms with Gasteiger partial charge in [0.2, 0.25) is 0 Å². The van der Waals surface area contributed by atoms with Crippen molar-refractivity contribution >= 4 is 15.7 Å². The van der Waals surface area contributed by atoms with Crippen molar-refractivity contribution < 1.29 is 17.9 Å². The molecule has 1 aliphatic heterocycles. The summed E-state index contributed by atoms with van der Waals surface area (Å²) in [6.45, 7) is 3.39. The summed E-state index contributed by atoms with van der Waals surface area (Å²) in [7, 11) is -1.92. The Kier molecular flexibility index (Phi) is 6.37. The highest BCUT2D eigenvalue weighted by molar-refractivity contribution is 7.91. The van der Waals surface area contributed by atoms with Crippen molar-refractivity contribution in [2.24, 2.45) is 11.7 Å². The predicted molar refractivity (Wildman–Crippen MR) is 92.6 cm³/mol. The fraction of sp³-hybridized carbons (Fsp3) is 0.588. The normalized spacial score (nSPS) is 21.7. The molecule has 1 amide bonds. The van der Waals surface area contributed by atoms with Crippen LogP contribution < -0.4 is 5.73 Å². The first-order valence-corrected chi connectivity index (χ1v) is 9.88. The maximum atomic E-state index is 12.7. The number of likely N-dealkylation sites (tertiary alicyclic amines) is 1. The van der Waals surface area contributed by atoms with Crippen molar-refractivity contribution in [2.75, 3.05) is 32.6 Å². The number of piperidine rings is 1. The summed E-state index contributed by atoms with van der Waals surface area (Å²) in [4.78, 5) is 14.8. The first-order valence-electron chi connectivity index (χ1n) is 8.23. The van der Waals surface area contributed by atoms with Crippen LogP contribution >= 0.6 is 0 Å². The fourth-order valence-electron chi connectivity index (χ4n) is 3.14. The van der Waals surface area contributed by atoms with Crippen molar-refractivity contribution in [1.82, 2.24) is 4.90 Å². The van der Waals surface area contributed by atoms with Crippen molar-refractivity contribution in [1.29, 1.82) is 0 Å². The van der Waals surface area contributed by atoms with Gasteiger partial charge in [-0.2, -0.15) is 0 Å². The van der Waals surface area contributed by atoms with Gasteiger partial charge in [-0.15, -0.1) is 0 Å². The van der Waals surface area contributed by atoms with Crippen LogP contribution in [0.4, 0.5) is 0 Å². The number of carbonyl (C=O) groups is 1. The molecule has 1 aliphatic rings. The smallest absolute Gasteiger partial charge is 0.254 e. The molecule has 0 spiro atoms. The Morgan fingerprint density at radius 1 is 1.33 bits per heavy atom. The molecular weight excluding hydrogens is 328 g/mol. The summed E-state index contributed by atoms with van der Waals surface area (Å²) in [5.74, 6) is 0.217. The Hall–Kier alpha value is -1.44. The van der Waals surface area contributed by atoms with Crippen molar-refractivity contribution in [3.05, 3.63) is 29.8 Å². The number of hydrogen-bond acceptors (Lipinski definition) is 5. The molecule has 6 nitrogen and oxygen atoms in total. The fourth-order valence-corrected chi connectivity index (χ4v) is 4.31. The minimum Gasteiger partial charge on any atom is -0.384 e. The number of ether oxygens (including phenoxy) is 1. The van der Waals surface area contributed by atoms with Crippen LogP contribution in [0.5, 0.6) is 0 Å². The highest BCUT2D eigenvalue weighted by Gasteiger charge is 2.31. The van der Waals surface area contributed by atoms with Gasteiger partial charge in [0.25, 0.3) is 5.91 Å². The van der Waals surface area contributed by atoms with E-state index < -0.39 is 9.84 Å². The Morgan fingerprint density at radius 2 is 2.00 bits per heavy atom. The van der Waals surface area contributed by atoms with E-state index in [0.717, 1.165) is 12.8 Å². The van der Waals surface area contributed by atoms with Gasteiger partial charge in [-0.25, -0.2) is 8.42 Å². The van der Waals surface area contributed by atoms with Crippen LogP contribution in [0.3, 0.4) is 0 Å². The van der Waals surface area contributed by atoms with Crippen LogP contribution in [0, 0.1) is 5.92 Å². The van der Waals surface area contributed by atoms with Gasteiger partial charge in [-0.3, -0.25) is 4.79 Å². The molecule has 1 heterocycles. The summed E-state index contributed by atoms with van der Waals surface area (Å²) >= 11 is 0. The monoisotopic (exact) mass is 354 g/mol. The quantitative estimate of drug-likeness (QED) is 0.832. The number of amides is 1. The first kappa shape index (κ1) is 18.9. The topological polar surface area (TPSA) is 89.7 Å². The van der Waals surface area contributed by atoms with Crippen LogP contribution in [-0.4, -0.2) is 57.8 Å². The molecule has 0 aliphatic carbocycles. The second-order valence-electron chi connectivity index (χ2n) is 6.26. The number of methoxy groups -OCH3 is 1. The van der Waals surface area contributed by atoms with Gasteiger partial charge in [-0.05, 0) is 43.0 Å². The average Bonchev–Trinajstić information content (AvgIpc) is 2.59. The van der Waals surface area contributed by atoms with Gasteiger partial charge >= 0.3 is 0 Å². The highest BCUT2D eigenvalue weighted by Crippen LogP contribution is 2.24. The Bertz CT molecular complexity index is 658. The molecule has 24 heavy (non-hydrogen) atoms. The van der Waals surface area contributed by atoms with Crippen molar-refractivity contribution in [2.45, 2.75) is 30.7 Å². The lowest BCUT2D eigenvalue weighted by Gasteiger charge is -2.39. The van der Waals surface area contributed by atoms with Gasteiger partial charge < -0.3 is 15.4 Å². The lowest BCUT2D eigenvalue weighted by molar-refractivity contribution is 0.0532. The molecular formula is C17H26N2O4S. The van der Waals surface area contributed by atoms with Gasteiger partial charge in [0.15, 0.2) is 9.84 Å². The largest absolute Gasteiger partial charge is 0.384 e. The Balaban J connectivity index is 2.16. The number of carbonyl (C=O) groups excluding carboxylic acids is 1. The average molecular weight is 354 g/mol. The van der Waals surface area contributed by atoms with E-state index in [-0.39, 0.29) is 29.2 Å². The zero-order valence-corrected chi connectivity index (χ0v) is 15.1. The Morgan fingerprint density at radius 3 is 2.58 bits per heavy atom. The third-order valence-electron chi connectivity index (χ3n) is 4.63. The molecule has 1 saturated heterocycles. The maximum absolute atomic E-state index is 12.7. The molecule has 1 fully saturated rings. The number of nitrogens with zero attached hydrogens (tertiary/aromatic N) is 1. The van der Waals surface area contributed by atoms with E-state index in [0.29, 0.717) is 24.6 Å². The highest BCUT2D eigenvalue weighted by atomic mass is 32.2. The number of nitrogens with two attached hydrogens (primary N) is 1. The predicted octanol–water partition coefficient (Wildman–Crippen LogP) is 1.31.